The van der Waals surface area contributed by atoms with Crippen LogP contribution in [0.3, 0.4) is 0 Å². The number of anilines is 1. The lowest BCUT2D eigenvalue weighted by Gasteiger charge is -2.39. The summed E-state index contributed by atoms with van der Waals surface area (Å²) in [6.07, 6.45) is 5.43. The van der Waals surface area contributed by atoms with E-state index in [1.165, 1.54) is 5.69 Å². The molecule has 3 heterocycles. The highest BCUT2D eigenvalue weighted by Crippen LogP contribution is 2.48. The van der Waals surface area contributed by atoms with Crippen molar-refractivity contribution in [3.05, 3.63) is 41.7 Å². The van der Waals surface area contributed by atoms with Crippen LogP contribution in [0.15, 0.2) is 30.3 Å². The summed E-state index contributed by atoms with van der Waals surface area (Å²) < 4.78 is 2.20. The third kappa shape index (κ3) is 2.13. The number of carbonyl (C=O) groups excluding carboxylic acids is 2. The molecule has 1 amide bonds. The predicted octanol–water partition coefficient (Wildman–Crippen LogP) is 4.14. The van der Waals surface area contributed by atoms with Gasteiger partial charge in [-0.15, -0.1) is 0 Å². The number of amides is 1. The third-order valence-corrected chi connectivity index (χ3v) is 5.79. The fourth-order valence-corrected chi connectivity index (χ4v) is 4.54. The first kappa shape index (κ1) is 15.2. The molecular formula is C20H22N2O2. The molecule has 1 N–H and O–H groups in total. The van der Waals surface area contributed by atoms with Gasteiger partial charge in [0.05, 0.1) is 5.69 Å². The molecule has 0 aliphatic carbocycles. The first-order valence-corrected chi connectivity index (χ1v) is 8.77. The maximum absolute atomic E-state index is 12.4. The van der Waals surface area contributed by atoms with Crippen LogP contribution in [0.2, 0.25) is 0 Å². The summed E-state index contributed by atoms with van der Waals surface area (Å²) in [6.45, 7) is 3.09. The predicted molar refractivity (Wildman–Crippen MR) is 94.3 cm³/mol. The summed E-state index contributed by atoms with van der Waals surface area (Å²) >= 11 is 0. The highest BCUT2D eigenvalue weighted by molar-refractivity contribution is 5.97. The van der Waals surface area contributed by atoms with Gasteiger partial charge in [0.25, 0.3) is 0 Å². The zero-order valence-electron chi connectivity index (χ0n) is 14.0. The van der Waals surface area contributed by atoms with Crippen molar-refractivity contribution in [2.45, 2.75) is 51.0 Å². The molecule has 0 spiro atoms. The Morgan fingerprint density at radius 1 is 1.25 bits per heavy atom. The van der Waals surface area contributed by atoms with E-state index in [9.17, 15) is 9.59 Å². The van der Waals surface area contributed by atoms with Gasteiger partial charge in [0.15, 0.2) is 6.29 Å². The number of aromatic nitrogens is 1. The van der Waals surface area contributed by atoms with Crippen LogP contribution in [-0.4, -0.2) is 16.8 Å². The summed E-state index contributed by atoms with van der Waals surface area (Å²) in [5.41, 5.74) is 4.94. The largest absolute Gasteiger partial charge is 0.341 e. The Morgan fingerprint density at radius 2 is 2.08 bits per heavy atom. The molecule has 4 heteroatoms. The van der Waals surface area contributed by atoms with Gasteiger partial charge in [0.2, 0.25) is 5.91 Å². The summed E-state index contributed by atoms with van der Waals surface area (Å²) in [5.74, 6) is 0.0770. The Balaban J connectivity index is 2.06. The number of benzene rings is 1. The molecular weight excluding hydrogens is 300 g/mol. The number of hydrogen-bond acceptors (Lipinski definition) is 2. The molecule has 0 fully saturated rings. The molecule has 0 unspecified atom stereocenters. The van der Waals surface area contributed by atoms with Crippen molar-refractivity contribution in [1.29, 1.82) is 0 Å². The fourth-order valence-electron chi connectivity index (χ4n) is 4.54. The molecule has 2 aromatic rings. The Morgan fingerprint density at radius 3 is 2.88 bits per heavy atom. The number of rotatable bonds is 2. The van der Waals surface area contributed by atoms with Crippen molar-refractivity contribution in [3.63, 3.8) is 0 Å². The summed E-state index contributed by atoms with van der Waals surface area (Å²) in [7, 11) is 0. The van der Waals surface area contributed by atoms with Crippen LogP contribution >= 0.6 is 0 Å². The molecule has 2 aliphatic rings. The van der Waals surface area contributed by atoms with E-state index in [2.05, 4.69) is 16.8 Å². The van der Waals surface area contributed by atoms with Gasteiger partial charge in [-0.2, -0.15) is 0 Å². The molecule has 4 nitrogen and oxygen atoms in total. The molecule has 124 valence electrons. The summed E-state index contributed by atoms with van der Waals surface area (Å²) in [6, 6.07) is 9.92. The normalized spacial score (nSPS) is 22.5. The molecule has 0 radical (unpaired) electrons. The molecule has 0 bridgehead atoms. The van der Waals surface area contributed by atoms with E-state index >= 15 is 0 Å². The van der Waals surface area contributed by atoms with E-state index in [0.717, 1.165) is 61.0 Å². The van der Waals surface area contributed by atoms with Crippen LogP contribution < -0.4 is 5.32 Å². The molecule has 1 aromatic heterocycles. The van der Waals surface area contributed by atoms with Crippen molar-refractivity contribution in [2.75, 3.05) is 5.32 Å². The number of aldehydes is 1. The van der Waals surface area contributed by atoms with Gasteiger partial charge in [-0.3, -0.25) is 9.59 Å². The summed E-state index contributed by atoms with van der Waals surface area (Å²) in [4.78, 5) is 24.0. The van der Waals surface area contributed by atoms with Crippen molar-refractivity contribution < 1.29 is 9.59 Å². The second-order valence-electron chi connectivity index (χ2n) is 6.93. The van der Waals surface area contributed by atoms with Gasteiger partial charge in [-0.25, -0.2) is 0 Å². The maximum atomic E-state index is 12.4. The second-order valence-corrected chi connectivity index (χ2v) is 6.93. The van der Waals surface area contributed by atoms with Gasteiger partial charge in [0, 0.05) is 40.9 Å². The lowest BCUT2D eigenvalue weighted by molar-refractivity contribution is -0.116. The minimum Gasteiger partial charge on any atom is -0.341 e. The van der Waals surface area contributed by atoms with Crippen molar-refractivity contribution in [3.8, 4) is 11.1 Å². The van der Waals surface area contributed by atoms with Gasteiger partial charge >= 0.3 is 0 Å². The van der Waals surface area contributed by atoms with Crippen LogP contribution in [-0.2, 0) is 16.8 Å². The number of nitrogens with one attached hydrogen (secondary N) is 1. The van der Waals surface area contributed by atoms with Crippen LogP contribution in [0.4, 0.5) is 5.69 Å². The lowest BCUT2D eigenvalue weighted by Crippen LogP contribution is -2.34. The van der Waals surface area contributed by atoms with Crippen LogP contribution in [0.1, 0.15) is 55.2 Å². The zero-order valence-corrected chi connectivity index (χ0v) is 14.0. The summed E-state index contributed by atoms with van der Waals surface area (Å²) in [5, 5.41) is 3.06. The highest BCUT2D eigenvalue weighted by Gasteiger charge is 2.40. The van der Waals surface area contributed by atoms with Crippen LogP contribution in [0, 0.1) is 0 Å². The van der Waals surface area contributed by atoms with E-state index in [0.29, 0.717) is 6.42 Å². The number of hydrogen-bond donors (Lipinski definition) is 1. The Labute approximate surface area is 141 Å². The standard InChI is InChI=1S/C20H22N2O2/c1-2-20-9-5-11-22-14(13-23)12-16(19(20)22)15-6-3-4-7-17(15)21-18(24)8-10-20/h3-4,6-7,12-13H,2,5,8-11H2,1H3,(H,21,24)/t20-/m1/s1. The van der Waals surface area contributed by atoms with Gasteiger partial charge in [-0.05, 0) is 37.8 Å². The molecule has 1 atom stereocenters. The minimum atomic E-state index is -0.0242. The van der Waals surface area contributed by atoms with E-state index in [-0.39, 0.29) is 11.3 Å². The van der Waals surface area contributed by atoms with Crippen molar-refractivity contribution in [2.24, 2.45) is 0 Å². The van der Waals surface area contributed by atoms with Crippen LogP contribution in [0.5, 0.6) is 0 Å². The minimum absolute atomic E-state index is 0.0242. The SMILES string of the molecule is CC[C@]12CCCn3c(C=O)cc(c31)-c1ccccc1NC(=O)CC2. The molecule has 0 saturated carbocycles. The molecule has 24 heavy (non-hydrogen) atoms. The quantitative estimate of drug-likeness (QED) is 0.845. The Hall–Kier alpha value is -2.36. The van der Waals surface area contributed by atoms with Gasteiger partial charge in [-0.1, -0.05) is 25.1 Å². The topological polar surface area (TPSA) is 51.1 Å². The van der Waals surface area contributed by atoms with Gasteiger partial charge < -0.3 is 9.88 Å². The van der Waals surface area contributed by atoms with Crippen LogP contribution in [0.25, 0.3) is 11.1 Å². The fraction of sp³-hybridized carbons (Fsp3) is 0.400. The Bertz CT molecular complexity index is 821. The average molecular weight is 322 g/mol. The number of para-hydroxylation sites is 1. The van der Waals surface area contributed by atoms with E-state index in [1.807, 2.05) is 30.3 Å². The molecule has 4 rings (SSSR count). The number of fused-ring (bicyclic) bond motifs is 2. The first-order valence-electron chi connectivity index (χ1n) is 8.77. The highest BCUT2D eigenvalue weighted by atomic mass is 16.1. The molecule has 2 aliphatic heterocycles. The lowest BCUT2D eigenvalue weighted by atomic mass is 9.70. The van der Waals surface area contributed by atoms with Gasteiger partial charge in [0.1, 0.15) is 0 Å². The smallest absolute Gasteiger partial charge is 0.224 e. The average Bonchev–Trinajstić information content (AvgIpc) is 3.01. The molecule has 1 aromatic carbocycles. The number of carbonyl (C=O) groups is 2. The first-order chi connectivity index (χ1) is 11.7. The van der Waals surface area contributed by atoms with E-state index in [4.69, 9.17) is 0 Å². The molecule has 0 saturated heterocycles. The monoisotopic (exact) mass is 322 g/mol. The van der Waals surface area contributed by atoms with E-state index in [1.54, 1.807) is 0 Å². The van der Waals surface area contributed by atoms with E-state index < -0.39 is 0 Å². The Kier molecular flexibility index (Phi) is 3.56. The van der Waals surface area contributed by atoms with Crippen molar-refractivity contribution >= 4 is 17.9 Å². The maximum Gasteiger partial charge on any atom is 0.224 e. The van der Waals surface area contributed by atoms with Crippen molar-refractivity contribution in [1.82, 2.24) is 4.57 Å². The third-order valence-electron chi connectivity index (χ3n) is 5.79. The second kappa shape index (κ2) is 5.62. The zero-order chi connectivity index (χ0) is 16.7. The number of nitrogens with zero attached hydrogens (tertiary/aromatic N) is 1.